The SMILES string of the molecule is CN=C(NCCOc1ccc(F)c(F)c1)NCCN1C(=O)C2C3C=CC(C3)C2C1=O. The number of aliphatic imine (C=N–C) groups is 1. The maximum atomic E-state index is 13.2. The van der Waals surface area contributed by atoms with Crippen LogP contribution in [0.5, 0.6) is 5.75 Å². The van der Waals surface area contributed by atoms with Crippen molar-refractivity contribution in [1.29, 1.82) is 0 Å². The van der Waals surface area contributed by atoms with Gasteiger partial charge in [-0.2, -0.15) is 0 Å². The Bertz CT molecular complexity index is 874. The predicted octanol–water partition coefficient (Wildman–Crippen LogP) is 1.32. The highest BCUT2D eigenvalue weighted by molar-refractivity contribution is 6.06. The van der Waals surface area contributed by atoms with Gasteiger partial charge in [0.1, 0.15) is 12.4 Å². The van der Waals surface area contributed by atoms with Crippen molar-refractivity contribution in [3.63, 3.8) is 0 Å². The third kappa shape index (κ3) is 3.76. The molecule has 2 bridgehead atoms. The van der Waals surface area contributed by atoms with Crippen LogP contribution in [0.25, 0.3) is 0 Å². The van der Waals surface area contributed by atoms with E-state index in [4.69, 9.17) is 4.74 Å². The molecule has 1 heterocycles. The molecule has 0 spiro atoms. The van der Waals surface area contributed by atoms with Gasteiger partial charge < -0.3 is 15.4 Å². The van der Waals surface area contributed by atoms with Gasteiger partial charge in [0, 0.05) is 26.2 Å². The largest absolute Gasteiger partial charge is 0.492 e. The summed E-state index contributed by atoms with van der Waals surface area (Å²) in [6.07, 6.45) is 5.07. The summed E-state index contributed by atoms with van der Waals surface area (Å²) in [5.74, 6) is -1.24. The fourth-order valence-corrected chi connectivity index (χ4v) is 4.60. The first kappa shape index (κ1) is 20.3. The minimum atomic E-state index is -0.961. The van der Waals surface area contributed by atoms with Gasteiger partial charge in [0.2, 0.25) is 11.8 Å². The van der Waals surface area contributed by atoms with Crippen LogP contribution in [-0.4, -0.2) is 56.0 Å². The number of nitrogens with one attached hydrogen (secondary N) is 2. The molecule has 0 aromatic heterocycles. The number of carbonyl (C=O) groups is 2. The number of fused-ring (bicyclic) bond motifs is 5. The molecule has 4 atom stereocenters. The maximum absolute atomic E-state index is 13.2. The molecular formula is C21H24F2N4O3. The molecule has 2 N–H and O–H groups in total. The Kier molecular flexibility index (Phi) is 5.69. The number of guanidine groups is 1. The first-order chi connectivity index (χ1) is 14.5. The average Bonchev–Trinajstić information content (AvgIpc) is 3.41. The highest BCUT2D eigenvalue weighted by atomic mass is 19.2. The zero-order valence-electron chi connectivity index (χ0n) is 16.6. The lowest BCUT2D eigenvalue weighted by atomic mass is 9.85. The summed E-state index contributed by atoms with van der Waals surface area (Å²) in [4.78, 5) is 30.8. The number of ether oxygens (including phenoxy) is 1. The van der Waals surface area contributed by atoms with Crippen molar-refractivity contribution in [3.05, 3.63) is 42.0 Å². The van der Waals surface area contributed by atoms with Gasteiger partial charge in [-0.3, -0.25) is 19.5 Å². The standard InChI is InChI=1S/C21H24F2N4O3/c1-24-21(26-7-9-30-14-4-5-15(22)16(23)11-14)25-6-8-27-19(28)17-12-2-3-13(10-12)18(17)20(27)29/h2-5,11-13,17-18H,6-10H2,1H3,(H2,24,25,26). The van der Waals surface area contributed by atoms with Crippen LogP contribution in [0.15, 0.2) is 35.3 Å². The molecule has 0 radical (unpaired) electrons. The van der Waals surface area contributed by atoms with Crippen LogP contribution in [0.1, 0.15) is 6.42 Å². The molecule has 1 aromatic carbocycles. The van der Waals surface area contributed by atoms with E-state index >= 15 is 0 Å². The fourth-order valence-electron chi connectivity index (χ4n) is 4.60. The van der Waals surface area contributed by atoms with Crippen molar-refractivity contribution in [2.75, 3.05) is 33.3 Å². The second kappa shape index (κ2) is 8.41. The lowest BCUT2D eigenvalue weighted by Crippen LogP contribution is -2.44. The van der Waals surface area contributed by atoms with Gasteiger partial charge in [0.05, 0.1) is 18.4 Å². The molecule has 160 valence electrons. The number of hydrogen-bond donors (Lipinski definition) is 2. The van der Waals surface area contributed by atoms with Crippen LogP contribution in [0.4, 0.5) is 8.78 Å². The molecule has 7 nitrogen and oxygen atoms in total. The van der Waals surface area contributed by atoms with Gasteiger partial charge in [-0.1, -0.05) is 12.2 Å². The van der Waals surface area contributed by atoms with Crippen LogP contribution in [0.2, 0.25) is 0 Å². The summed E-state index contributed by atoms with van der Waals surface area (Å²) in [6.45, 7) is 1.26. The monoisotopic (exact) mass is 418 g/mol. The molecule has 1 aliphatic heterocycles. The number of halogens is 2. The van der Waals surface area contributed by atoms with Gasteiger partial charge in [0.15, 0.2) is 17.6 Å². The molecule has 2 amide bonds. The maximum Gasteiger partial charge on any atom is 0.233 e. The van der Waals surface area contributed by atoms with Crippen molar-refractivity contribution in [1.82, 2.24) is 15.5 Å². The Morgan fingerprint density at radius 1 is 1.10 bits per heavy atom. The van der Waals surface area contributed by atoms with Crippen molar-refractivity contribution in [3.8, 4) is 5.75 Å². The Morgan fingerprint density at radius 2 is 1.77 bits per heavy atom. The second-order valence-corrected chi connectivity index (χ2v) is 7.68. The molecule has 2 aliphatic carbocycles. The molecule has 2 fully saturated rings. The van der Waals surface area contributed by atoms with Crippen molar-refractivity contribution < 1.29 is 23.1 Å². The summed E-state index contributed by atoms with van der Waals surface area (Å²) in [5, 5.41) is 6.09. The smallest absolute Gasteiger partial charge is 0.233 e. The van der Waals surface area contributed by atoms with E-state index in [0.717, 1.165) is 18.6 Å². The number of amides is 2. The molecular weight excluding hydrogens is 394 g/mol. The van der Waals surface area contributed by atoms with E-state index in [0.29, 0.717) is 19.0 Å². The van der Waals surface area contributed by atoms with Gasteiger partial charge in [0.25, 0.3) is 0 Å². The van der Waals surface area contributed by atoms with E-state index in [1.54, 1.807) is 7.05 Å². The highest BCUT2D eigenvalue weighted by Gasteiger charge is 2.58. The van der Waals surface area contributed by atoms with E-state index < -0.39 is 11.6 Å². The Morgan fingerprint density at radius 3 is 2.40 bits per heavy atom. The Balaban J connectivity index is 1.18. The first-order valence-electron chi connectivity index (χ1n) is 10.1. The summed E-state index contributed by atoms with van der Waals surface area (Å²) >= 11 is 0. The number of allylic oxidation sites excluding steroid dienone is 2. The number of imide groups is 1. The number of rotatable bonds is 7. The zero-order valence-corrected chi connectivity index (χ0v) is 16.6. The topological polar surface area (TPSA) is 83.0 Å². The van der Waals surface area contributed by atoms with Crippen LogP contribution in [0, 0.1) is 35.3 Å². The molecule has 30 heavy (non-hydrogen) atoms. The first-order valence-corrected chi connectivity index (χ1v) is 10.1. The molecule has 3 aliphatic rings. The predicted molar refractivity (Wildman–Crippen MR) is 106 cm³/mol. The quantitative estimate of drug-likeness (QED) is 0.229. The lowest BCUT2D eigenvalue weighted by molar-refractivity contribution is -0.140. The summed E-state index contributed by atoms with van der Waals surface area (Å²) < 4.78 is 31.4. The normalized spacial score (nSPS) is 27.0. The van der Waals surface area contributed by atoms with Crippen LogP contribution in [0.3, 0.4) is 0 Å². The van der Waals surface area contributed by atoms with E-state index in [1.165, 1.54) is 11.0 Å². The minimum absolute atomic E-state index is 0.0634. The van der Waals surface area contributed by atoms with E-state index in [9.17, 15) is 18.4 Å². The van der Waals surface area contributed by atoms with E-state index in [2.05, 4.69) is 27.8 Å². The lowest BCUT2D eigenvalue weighted by Gasteiger charge is -2.18. The number of likely N-dealkylation sites (tertiary alicyclic amines) is 1. The van der Waals surface area contributed by atoms with Crippen molar-refractivity contribution in [2.45, 2.75) is 6.42 Å². The molecule has 4 rings (SSSR count). The molecule has 1 aromatic rings. The fraction of sp³-hybridized carbons (Fsp3) is 0.476. The van der Waals surface area contributed by atoms with Crippen LogP contribution in [-0.2, 0) is 9.59 Å². The van der Waals surface area contributed by atoms with Crippen LogP contribution < -0.4 is 15.4 Å². The minimum Gasteiger partial charge on any atom is -0.492 e. The zero-order chi connectivity index (χ0) is 21.3. The second-order valence-electron chi connectivity index (χ2n) is 7.68. The molecule has 4 unspecified atom stereocenters. The Hall–Kier alpha value is -2.97. The number of carbonyl (C=O) groups excluding carboxylic acids is 2. The van der Waals surface area contributed by atoms with Gasteiger partial charge in [-0.05, 0) is 30.4 Å². The molecule has 9 heteroatoms. The van der Waals surface area contributed by atoms with Crippen molar-refractivity contribution >= 4 is 17.8 Å². The summed E-state index contributed by atoms with van der Waals surface area (Å²) in [7, 11) is 1.60. The van der Waals surface area contributed by atoms with Crippen molar-refractivity contribution in [2.24, 2.45) is 28.7 Å². The average molecular weight is 418 g/mol. The third-order valence-electron chi connectivity index (χ3n) is 5.97. The highest BCUT2D eigenvalue weighted by Crippen LogP contribution is 2.52. The Labute approximate surface area is 173 Å². The summed E-state index contributed by atoms with van der Waals surface area (Å²) in [6, 6.07) is 3.35. The number of nitrogens with zero attached hydrogens (tertiary/aromatic N) is 2. The van der Waals surface area contributed by atoms with Gasteiger partial charge >= 0.3 is 0 Å². The number of benzene rings is 1. The third-order valence-corrected chi connectivity index (χ3v) is 5.97. The van der Waals surface area contributed by atoms with E-state index in [-0.39, 0.29) is 54.4 Å². The van der Waals surface area contributed by atoms with Gasteiger partial charge in [-0.25, -0.2) is 8.78 Å². The molecule has 1 saturated carbocycles. The number of hydrogen-bond acceptors (Lipinski definition) is 4. The van der Waals surface area contributed by atoms with Crippen LogP contribution >= 0.6 is 0 Å². The van der Waals surface area contributed by atoms with Gasteiger partial charge in [-0.15, -0.1) is 0 Å². The van der Waals surface area contributed by atoms with E-state index in [1.807, 2.05) is 0 Å². The molecule has 1 saturated heterocycles. The summed E-state index contributed by atoms with van der Waals surface area (Å²) in [5.41, 5.74) is 0.